The van der Waals surface area contributed by atoms with E-state index in [4.69, 9.17) is 0 Å². The fourth-order valence-corrected chi connectivity index (χ4v) is 4.91. The summed E-state index contributed by atoms with van der Waals surface area (Å²) in [6, 6.07) is 0. The van der Waals surface area contributed by atoms with Crippen molar-refractivity contribution in [2.75, 3.05) is 13.1 Å². The molecule has 0 aromatic heterocycles. The van der Waals surface area contributed by atoms with Crippen molar-refractivity contribution in [1.82, 2.24) is 5.32 Å². The van der Waals surface area contributed by atoms with Gasteiger partial charge in [0.05, 0.1) is 5.92 Å². The third kappa shape index (κ3) is 1.79. The van der Waals surface area contributed by atoms with Gasteiger partial charge in [0.15, 0.2) is 0 Å². The average molecular weight is 237 g/mol. The monoisotopic (exact) mass is 237 g/mol. The maximum Gasteiger partial charge on any atom is 0.306 e. The van der Waals surface area contributed by atoms with Crippen LogP contribution >= 0.6 is 0 Å². The van der Waals surface area contributed by atoms with Crippen LogP contribution in [0, 0.1) is 23.2 Å². The Morgan fingerprint density at radius 3 is 2.59 bits per heavy atom. The lowest BCUT2D eigenvalue weighted by Crippen LogP contribution is -2.40. The number of fused-ring (bicyclic) bond motifs is 2. The van der Waals surface area contributed by atoms with Gasteiger partial charge in [-0.05, 0) is 62.4 Å². The number of carbonyl (C=O) groups is 1. The fourth-order valence-electron chi connectivity index (χ4n) is 4.91. The van der Waals surface area contributed by atoms with Crippen molar-refractivity contribution in [3.05, 3.63) is 0 Å². The van der Waals surface area contributed by atoms with Gasteiger partial charge in [-0.25, -0.2) is 0 Å². The van der Waals surface area contributed by atoms with Gasteiger partial charge in [0.1, 0.15) is 0 Å². The lowest BCUT2D eigenvalue weighted by Gasteiger charge is -2.42. The molecule has 0 unspecified atom stereocenters. The van der Waals surface area contributed by atoms with E-state index in [2.05, 4.69) is 5.32 Å². The first-order valence-corrected chi connectivity index (χ1v) is 7.16. The van der Waals surface area contributed by atoms with Crippen LogP contribution in [0.15, 0.2) is 0 Å². The van der Waals surface area contributed by atoms with Gasteiger partial charge in [-0.15, -0.1) is 0 Å². The van der Waals surface area contributed by atoms with Crippen molar-refractivity contribution < 1.29 is 9.90 Å². The minimum Gasteiger partial charge on any atom is -0.481 e. The second kappa shape index (κ2) is 4.27. The molecule has 0 bridgehead atoms. The summed E-state index contributed by atoms with van der Waals surface area (Å²) < 4.78 is 0. The molecule has 17 heavy (non-hydrogen) atoms. The van der Waals surface area contributed by atoms with Crippen LogP contribution in [-0.4, -0.2) is 24.2 Å². The van der Waals surface area contributed by atoms with Gasteiger partial charge < -0.3 is 10.4 Å². The maximum absolute atomic E-state index is 11.5. The molecule has 1 aliphatic heterocycles. The molecule has 2 saturated carbocycles. The highest BCUT2D eigenvalue weighted by molar-refractivity contribution is 5.71. The van der Waals surface area contributed by atoms with Gasteiger partial charge in [0.2, 0.25) is 0 Å². The predicted molar refractivity (Wildman–Crippen MR) is 65.7 cm³/mol. The molecule has 1 saturated heterocycles. The number of aliphatic carboxylic acids is 1. The van der Waals surface area contributed by atoms with Crippen LogP contribution in [0.25, 0.3) is 0 Å². The van der Waals surface area contributed by atoms with Crippen molar-refractivity contribution in [2.24, 2.45) is 23.2 Å². The van der Waals surface area contributed by atoms with Crippen molar-refractivity contribution in [3.8, 4) is 0 Å². The van der Waals surface area contributed by atoms with Crippen LogP contribution < -0.4 is 5.32 Å². The molecule has 0 aromatic rings. The SMILES string of the molecule is O=C(O)[C@@H]1CC2(CCNCC2)[C@H]2CCCC[C@@H]12. The first kappa shape index (κ1) is 11.5. The third-order valence-electron chi connectivity index (χ3n) is 5.67. The van der Waals surface area contributed by atoms with Gasteiger partial charge in [0.25, 0.3) is 0 Å². The standard InChI is InChI=1S/C14H23NO2/c16-13(17)11-9-14(5-7-15-8-6-14)12-4-2-1-3-10(11)12/h10-12,15H,1-9H2,(H,16,17)/t10-,11+,12-/m0/s1. The highest BCUT2D eigenvalue weighted by Crippen LogP contribution is 2.59. The van der Waals surface area contributed by atoms with Gasteiger partial charge in [0, 0.05) is 0 Å². The molecule has 1 heterocycles. The van der Waals surface area contributed by atoms with E-state index in [9.17, 15) is 9.90 Å². The molecular weight excluding hydrogens is 214 g/mol. The summed E-state index contributed by atoms with van der Waals surface area (Å²) in [5, 5.41) is 12.9. The second-order valence-electron chi connectivity index (χ2n) is 6.32. The molecule has 1 spiro atoms. The highest BCUT2D eigenvalue weighted by Gasteiger charge is 2.55. The van der Waals surface area contributed by atoms with Crippen molar-refractivity contribution >= 4 is 5.97 Å². The van der Waals surface area contributed by atoms with E-state index in [0.717, 1.165) is 25.9 Å². The Hall–Kier alpha value is -0.570. The largest absolute Gasteiger partial charge is 0.481 e. The molecule has 3 heteroatoms. The Kier molecular flexibility index (Phi) is 2.89. The van der Waals surface area contributed by atoms with Crippen LogP contribution in [-0.2, 0) is 4.79 Å². The zero-order valence-corrected chi connectivity index (χ0v) is 10.5. The van der Waals surface area contributed by atoms with E-state index in [1.165, 1.54) is 32.1 Å². The van der Waals surface area contributed by atoms with E-state index < -0.39 is 5.97 Å². The van der Waals surface area contributed by atoms with E-state index in [-0.39, 0.29) is 5.92 Å². The minimum atomic E-state index is -0.530. The Morgan fingerprint density at radius 2 is 1.88 bits per heavy atom. The highest BCUT2D eigenvalue weighted by atomic mass is 16.4. The zero-order valence-electron chi connectivity index (χ0n) is 10.5. The first-order chi connectivity index (χ1) is 8.23. The van der Waals surface area contributed by atoms with Crippen LogP contribution in [0.2, 0.25) is 0 Å². The van der Waals surface area contributed by atoms with Gasteiger partial charge in [-0.1, -0.05) is 12.8 Å². The number of hydrogen-bond acceptors (Lipinski definition) is 2. The lowest BCUT2D eigenvalue weighted by atomic mass is 9.65. The molecule has 3 nitrogen and oxygen atoms in total. The summed E-state index contributed by atoms with van der Waals surface area (Å²) in [5.41, 5.74) is 0.374. The van der Waals surface area contributed by atoms with Crippen LogP contribution in [0.5, 0.6) is 0 Å². The minimum absolute atomic E-state index is 0.0431. The Labute approximate surface area is 103 Å². The van der Waals surface area contributed by atoms with Gasteiger partial charge >= 0.3 is 5.97 Å². The van der Waals surface area contributed by atoms with E-state index in [0.29, 0.717) is 17.3 Å². The van der Waals surface area contributed by atoms with Gasteiger partial charge in [-0.2, -0.15) is 0 Å². The molecule has 3 rings (SSSR count). The normalized spacial score (nSPS) is 40.1. The molecule has 0 amide bonds. The summed E-state index contributed by atoms with van der Waals surface area (Å²) >= 11 is 0. The Balaban J connectivity index is 1.87. The maximum atomic E-state index is 11.5. The number of piperidine rings is 1. The molecule has 2 N–H and O–H groups in total. The van der Waals surface area contributed by atoms with E-state index in [1.54, 1.807) is 0 Å². The summed E-state index contributed by atoms with van der Waals surface area (Å²) in [6.45, 7) is 2.19. The quantitative estimate of drug-likeness (QED) is 0.735. The van der Waals surface area contributed by atoms with Crippen molar-refractivity contribution in [2.45, 2.75) is 44.9 Å². The molecule has 3 atom stereocenters. The van der Waals surface area contributed by atoms with Crippen LogP contribution in [0.1, 0.15) is 44.9 Å². The molecule has 0 aromatic carbocycles. The van der Waals surface area contributed by atoms with Crippen molar-refractivity contribution in [1.29, 1.82) is 0 Å². The molecule has 3 fully saturated rings. The summed E-state index contributed by atoms with van der Waals surface area (Å²) in [5.74, 6) is 0.620. The summed E-state index contributed by atoms with van der Waals surface area (Å²) in [4.78, 5) is 11.5. The fraction of sp³-hybridized carbons (Fsp3) is 0.929. The Morgan fingerprint density at radius 1 is 1.18 bits per heavy atom. The molecule has 3 aliphatic rings. The average Bonchev–Trinajstić information content (AvgIpc) is 2.66. The number of carboxylic acid groups (broad SMARTS) is 1. The van der Waals surface area contributed by atoms with Crippen molar-refractivity contribution in [3.63, 3.8) is 0 Å². The zero-order chi connectivity index (χ0) is 11.9. The first-order valence-electron chi connectivity index (χ1n) is 7.16. The van der Waals surface area contributed by atoms with Crippen LogP contribution in [0.4, 0.5) is 0 Å². The smallest absolute Gasteiger partial charge is 0.306 e. The van der Waals surface area contributed by atoms with Gasteiger partial charge in [-0.3, -0.25) is 4.79 Å². The van der Waals surface area contributed by atoms with Crippen LogP contribution in [0.3, 0.4) is 0 Å². The molecule has 2 aliphatic carbocycles. The second-order valence-corrected chi connectivity index (χ2v) is 6.32. The third-order valence-corrected chi connectivity index (χ3v) is 5.67. The Bertz CT molecular complexity index is 309. The number of nitrogens with one attached hydrogen (secondary N) is 1. The lowest BCUT2D eigenvalue weighted by molar-refractivity contribution is -0.143. The van der Waals surface area contributed by atoms with E-state index >= 15 is 0 Å². The number of rotatable bonds is 1. The number of hydrogen-bond donors (Lipinski definition) is 2. The van der Waals surface area contributed by atoms with E-state index in [1.807, 2.05) is 0 Å². The predicted octanol–water partition coefficient (Wildman–Crippen LogP) is 2.27. The number of carboxylic acids is 1. The molecule has 96 valence electrons. The molecular formula is C14H23NO2. The summed E-state index contributed by atoms with van der Waals surface area (Å²) in [7, 11) is 0. The topological polar surface area (TPSA) is 49.3 Å². The summed E-state index contributed by atoms with van der Waals surface area (Å²) in [6.07, 6.45) is 8.39. The molecule has 0 radical (unpaired) electrons.